The Hall–Kier alpha value is -0.791. The minimum Gasteiger partial charge on any atom is -0.478 e. The van der Waals surface area contributed by atoms with Gasteiger partial charge in [-0.15, -0.1) is 0 Å². The second-order valence-corrected chi connectivity index (χ2v) is 3.08. The molecule has 13 heavy (non-hydrogen) atoms. The molecule has 0 aliphatic rings. The average molecular weight is 228 g/mol. The van der Waals surface area contributed by atoms with Crippen LogP contribution < -0.4 is 0 Å². The molecule has 1 aromatic carbocycles. The second-order valence-electron chi connectivity index (χ2n) is 3.08. The van der Waals surface area contributed by atoms with Gasteiger partial charge in [-0.25, -0.2) is 4.79 Å². The SMILES string of the molecule is CC(C)c1ccc(C(=O)O)cc1.[Cu+2]. The third kappa shape index (κ3) is 3.21. The van der Waals surface area contributed by atoms with Crippen LogP contribution in [0.3, 0.4) is 0 Å². The number of carbonyl (C=O) groups is 1. The summed E-state index contributed by atoms with van der Waals surface area (Å²) < 4.78 is 0. The number of hydrogen-bond acceptors (Lipinski definition) is 1. The summed E-state index contributed by atoms with van der Waals surface area (Å²) in [5.74, 6) is -0.418. The van der Waals surface area contributed by atoms with Crippen LogP contribution in [-0.2, 0) is 17.1 Å². The van der Waals surface area contributed by atoms with Crippen LogP contribution in [0.4, 0.5) is 0 Å². The summed E-state index contributed by atoms with van der Waals surface area (Å²) in [6, 6.07) is 6.98. The molecule has 0 amide bonds. The quantitative estimate of drug-likeness (QED) is 0.789. The van der Waals surface area contributed by atoms with Crippen LogP contribution in [0, 0.1) is 0 Å². The molecule has 2 nitrogen and oxygen atoms in total. The molecule has 0 bridgehead atoms. The molecular weight excluding hydrogens is 216 g/mol. The Kier molecular flexibility index (Phi) is 4.74. The first-order chi connectivity index (χ1) is 5.61. The van der Waals surface area contributed by atoms with E-state index in [-0.39, 0.29) is 17.1 Å². The Labute approximate surface area is 88.4 Å². The third-order valence-corrected chi connectivity index (χ3v) is 1.82. The van der Waals surface area contributed by atoms with Crippen LogP contribution in [0.2, 0.25) is 0 Å². The number of benzene rings is 1. The van der Waals surface area contributed by atoms with Crippen molar-refractivity contribution >= 4 is 5.97 Å². The van der Waals surface area contributed by atoms with Crippen molar-refractivity contribution in [2.75, 3.05) is 0 Å². The predicted octanol–water partition coefficient (Wildman–Crippen LogP) is 2.51. The van der Waals surface area contributed by atoms with E-state index in [2.05, 4.69) is 13.8 Å². The molecule has 0 fully saturated rings. The first-order valence-corrected chi connectivity index (χ1v) is 3.94. The van der Waals surface area contributed by atoms with Crippen LogP contribution in [0.1, 0.15) is 35.7 Å². The zero-order valence-electron chi connectivity index (χ0n) is 7.54. The van der Waals surface area contributed by atoms with Crippen LogP contribution in [-0.4, -0.2) is 11.1 Å². The van der Waals surface area contributed by atoms with E-state index in [1.165, 1.54) is 5.56 Å². The molecule has 0 aromatic heterocycles. The predicted molar refractivity (Wildman–Crippen MR) is 47.5 cm³/mol. The Bertz CT molecular complexity index is 277. The van der Waals surface area contributed by atoms with Crippen LogP contribution in [0.5, 0.6) is 0 Å². The van der Waals surface area contributed by atoms with Crippen molar-refractivity contribution in [2.24, 2.45) is 0 Å². The van der Waals surface area contributed by atoms with E-state index in [9.17, 15) is 4.79 Å². The number of hydrogen-bond donors (Lipinski definition) is 1. The maximum absolute atomic E-state index is 10.5. The van der Waals surface area contributed by atoms with E-state index in [1.54, 1.807) is 12.1 Å². The van der Waals surface area contributed by atoms with Gasteiger partial charge in [-0.05, 0) is 23.6 Å². The smallest absolute Gasteiger partial charge is 0.478 e. The Balaban J connectivity index is 0.00000144. The van der Waals surface area contributed by atoms with E-state index in [4.69, 9.17) is 5.11 Å². The van der Waals surface area contributed by atoms with Crippen molar-refractivity contribution in [1.29, 1.82) is 0 Å². The summed E-state index contributed by atoms with van der Waals surface area (Å²) in [6.45, 7) is 4.16. The van der Waals surface area contributed by atoms with Gasteiger partial charge in [0.15, 0.2) is 0 Å². The molecule has 1 N–H and O–H groups in total. The van der Waals surface area contributed by atoms with Crippen molar-refractivity contribution in [3.63, 3.8) is 0 Å². The van der Waals surface area contributed by atoms with Gasteiger partial charge >= 0.3 is 23.0 Å². The molecule has 73 valence electrons. The van der Waals surface area contributed by atoms with Crippen molar-refractivity contribution in [1.82, 2.24) is 0 Å². The molecule has 1 aromatic rings. The van der Waals surface area contributed by atoms with Gasteiger partial charge in [0, 0.05) is 0 Å². The maximum Gasteiger partial charge on any atom is 2.00 e. The van der Waals surface area contributed by atoms with Gasteiger partial charge in [-0.1, -0.05) is 26.0 Å². The molecule has 0 spiro atoms. The molecule has 0 saturated heterocycles. The summed E-state index contributed by atoms with van der Waals surface area (Å²) >= 11 is 0. The standard InChI is InChI=1S/C10H12O2.Cu/c1-7(2)8-3-5-9(6-4-8)10(11)12;/h3-7H,1-2H3,(H,11,12);/q;+2. The molecule has 0 atom stereocenters. The van der Waals surface area contributed by atoms with Crippen LogP contribution in [0.25, 0.3) is 0 Å². The van der Waals surface area contributed by atoms with Gasteiger partial charge in [0.05, 0.1) is 5.56 Å². The van der Waals surface area contributed by atoms with Gasteiger partial charge in [-0.2, -0.15) is 0 Å². The number of rotatable bonds is 2. The van der Waals surface area contributed by atoms with E-state index < -0.39 is 5.97 Å². The zero-order valence-corrected chi connectivity index (χ0v) is 8.49. The monoisotopic (exact) mass is 227 g/mol. The van der Waals surface area contributed by atoms with E-state index in [0.717, 1.165) is 0 Å². The molecule has 3 heteroatoms. The molecule has 1 radical (unpaired) electrons. The molecule has 1 rings (SSSR count). The van der Waals surface area contributed by atoms with E-state index in [1.807, 2.05) is 12.1 Å². The van der Waals surface area contributed by atoms with E-state index >= 15 is 0 Å². The van der Waals surface area contributed by atoms with Crippen LogP contribution in [0.15, 0.2) is 24.3 Å². The van der Waals surface area contributed by atoms with Crippen molar-refractivity contribution in [3.05, 3.63) is 35.4 Å². The van der Waals surface area contributed by atoms with Gasteiger partial charge in [0.2, 0.25) is 0 Å². The van der Waals surface area contributed by atoms with Crippen LogP contribution >= 0.6 is 0 Å². The Morgan fingerprint density at radius 3 is 2.00 bits per heavy atom. The molecular formula is C10H12CuO2+2. The second kappa shape index (κ2) is 5.05. The summed E-state index contributed by atoms with van der Waals surface area (Å²) in [7, 11) is 0. The molecule has 0 unspecified atom stereocenters. The first-order valence-electron chi connectivity index (χ1n) is 3.94. The molecule has 0 heterocycles. The summed E-state index contributed by atoms with van der Waals surface area (Å²) in [5.41, 5.74) is 1.51. The van der Waals surface area contributed by atoms with Crippen molar-refractivity contribution in [3.8, 4) is 0 Å². The normalized spacial score (nSPS) is 9.46. The van der Waals surface area contributed by atoms with Gasteiger partial charge in [0.25, 0.3) is 0 Å². The Morgan fingerprint density at radius 1 is 1.23 bits per heavy atom. The zero-order chi connectivity index (χ0) is 9.14. The first kappa shape index (κ1) is 12.2. The summed E-state index contributed by atoms with van der Waals surface area (Å²) in [6.07, 6.45) is 0. The minimum absolute atomic E-state index is 0. The van der Waals surface area contributed by atoms with Crippen molar-refractivity contribution < 1.29 is 27.0 Å². The number of aromatic carboxylic acids is 1. The summed E-state index contributed by atoms with van der Waals surface area (Å²) in [5, 5.41) is 8.61. The maximum atomic E-state index is 10.5. The molecule has 0 aliphatic heterocycles. The van der Waals surface area contributed by atoms with E-state index in [0.29, 0.717) is 11.5 Å². The minimum atomic E-state index is -0.870. The fourth-order valence-electron chi connectivity index (χ4n) is 1.01. The Morgan fingerprint density at radius 2 is 1.69 bits per heavy atom. The van der Waals surface area contributed by atoms with Gasteiger partial charge in [0.1, 0.15) is 0 Å². The largest absolute Gasteiger partial charge is 2.00 e. The average Bonchev–Trinajstić information content (AvgIpc) is 2.04. The fraction of sp³-hybridized carbons (Fsp3) is 0.300. The topological polar surface area (TPSA) is 37.3 Å². The number of carboxylic acids is 1. The molecule has 0 aliphatic carbocycles. The van der Waals surface area contributed by atoms with Gasteiger partial charge < -0.3 is 5.11 Å². The summed E-state index contributed by atoms with van der Waals surface area (Å²) in [4.78, 5) is 10.5. The number of carboxylic acid groups (broad SMARTS) is 1. The molecule has 0 saturated carbocycles. The fourth-order valence-corrected chi connectivity index (χ4v) is 1.01. The van der Waals surface area contributed by atoms with Gasteiger partial charge in [-0.3, -0.25) is 0 Å². The third-order valence-electron chi connectivity index (χ3n) is 1.82. The van der Waals surface area contributed by atoms with Crippen molar-refractivity contribution in [2.45, 2.75) is 19.8 Å².